The first-order chi connectivity index (χ1) is 8.61. The van der Waals surface area contributed by atoms with Gasteiger partial charge in [0.15, 0.2) is 0 Å². The summed E-state index contributed by atoms with van der Waals surface area (Å²) in [7, 11) is 1.89. The highest BCUT2D eigenvalue weighted by Gasteiger charge is 2.15. The van der Waals surface area contributed by atoms with E-state index in [-0.39, 0.29) is 6.04 Å². The summed E-state index contributed by atoms with van der Waals surface area (Å²) >= 11 is 0. The van der Waals surface area contributed by atoms with Gasteiger partial charge in [-0.1, -0.05) is 23.8 Å². The quantitative estimate of drug-likeness (QED) is 0.627. The minimum Gasteiger partial charge on any atom is -0.271 e. The second-order valence-electron chi connectivity index (χ2n) is 4.58. The molecule has 0 radical (unpaired) electrons. The van der Waals surface area contributed by atoms with Gasteiger partial charge in [-0.15, -0.1) is 0 Å². The number of hydrogen-bond donors (Lipinski definition) is 2. The number of hydrogen-bond acceptors (Lipinski definition) is 4. The van der Waals surface area contributed by atoms with Crippen LogP contribution in [0, 0.1) is 13.8 Å². The molecular weight excluding hydrogens is 226 g/mol. The minimum atomic E-state index is 0.0489. The maximum Gasteiger partial charge on any atom is 0.138 e. The van der Waals surface area contributed by atoms with Gasteiger partial charge in [0, 0.05) is 13.5 Å². The molecule has 0 amide bonds. The Morgan fingerprint density at radius 1 is 1.39 bits per heavy atom. The van der Waals surface area contributed by atoms with Crippen LogP contribution in [0.2, 0.25) is 0 Å². The number of nitrogens with zero attached hydrogens (tertiary/aromatic N) is 3. The third-order valence-corrected chi connectivity index (χ3v) is 3.20. The number of aryl methyl sites for hydroxylation is 3. The van der Waals surface area contributed by atoms with Crippen molar-refractivity contribution in [3.63, 3.8) is 0 Å². The lowest BCUT2D eigenvalue weighted by atomic mass is 9.97. The summed E-state index contributed by atoms with van der Waals surface area (Å²) in [5, 5.41) is 4.07. The minimum absolute atomic E-state index is 0.0489. The van der Waals surface area contributed by atoms with Crippen LogP contribution in [0.4, 0.5) is 0 Å². The maximum absolute atomic E-state index is 5.68. The Bertz CT molecular complexity index is 532. The molecule has 2 rings (SSSR count). The number of benzene rings is 1. The van der Waals surface area contributed by atoms with Crippen molar-refractivity contribution in [2.45, 2.75) is 26.3 Å². The Kier molecular flexibility index (Phi) is 3.74. The Hall–Kier alpha value is -1.72. The lowest BCUT2D eigenvalue weighted by Gasteiger charge is -2.18. The number of aromatic nitrogens is 3. The molecule has 1 aromatic heterocycles. The van der Waals surface area contributed by atoms with Gasteiger partial charge < -0.3 is 0 Å². The molecule has 18 heavy (non-hydrogen) atoms. The van der Waals surface area contributed by atoms with Crippen molar-refractivity contribution in [2.24, 2.45) is 12.9 Å². The summed E-state index contributed by atoms with van der Waals surface area (Å²) < 4.78 is 1.77. The van der Waals surface area contributed by atoms with Crippen LogP contribution in [-0.2, 0) is 13.5 Å². The zero-order valence-electron chi connectivity index (χ0n) is 11.0. The van der Waals surface area contributed by atoms with Gasteiger partial charge >= 0.3 is 0 Å². The van der Waals surface area contributed by atoms with Crippen LogP contribution >= 0.6 is 0 Å². The molecule has 0 aliphatic rings. The van der Waals surface area contributed by atoms with Crippen LogP contribution in [0.1, 0.15) is 28.6 Å². The Morgan fingerprint density at radius 3 is 2.78 bits per heavy atom. The van der Waals surface area contributed by atoms with Crippen LogP contribution in [0.25, 0.3) is 0 Å². The van der Waals surface area contributed by atoms with E-state index in [1.807, 2.05) is 7.05 Å². The van der Waals surface area contributed by atoms with E-state index >= 15 is 0 Å². The summed E-state index contributed by atoms with van der Waals surface area (Å²) in [5.74, 6) is 6.60. The summed E-state index contributed by atoms with van der Waals surface area (Å²) in [6.07, 6.45) is 2.28. The van der Waals surface area contributed by atoms with Gasteiger partial charge in [0.25, 0.3) is 0 Å². The van der Waals surface area contributed by atoms with Gasteiger partial charge in [0.05, 0.1) is 6.04 Å². The summed E-state index contributed by atoms with van der Waals surface area (Å²) in [6, 6.07) is 6.43. The first-order valence-corrected chi connectivity index (χ1v) is 5.98. The molecule has 1 atom stereocenters. The van der Waals surface area contributed by atoms with Gasteiger partial charge in [-0.2, -0.15) is 5.10 Å². The molecule has 96 valence electrons. The molecule has 1 aromatic carbocycles. The van der Waals surface area contributed by atoms with Gasteiger partial charge in [-0.05, 0) is 25.0 Å². The molecule has 1 heterocycles. The maximum atomic E-state index is 5.68. The van der Waals surface area contributed by atoms with E-state index in [4.69, 9.17) is 5.84 Å². The van der Waals surface area contributed by atoms with Crippen molar-refractivity contribution in [2.75, 3.05) is 0 Å². The molecule has 2 aromatic rings. The topological polar surface area (TPSA) is 68.8 Å². The molecule has 0 bridgehead atoms. The van der Waals surface area contributed by atoms with Crippen molar-refractivity contribution >= 4 is 0 Å². The van der Waals surface area contributed by atoms with Crippen LogP contribution in [-0.4, -0.2) is 14.8 Å². The van der Waals surface area contributed by atoms with E-state index in [2.05, 4.69) is 47.6 Å². The number of hydrazine groups is 1. The van der Waals surface area contributed by atoms with Gasteiger partial charge in [-0.25, -0.2) is 4.98 Å². The average Bonchev–Trinajstić information content (AvgIpc) is 2.75. The molecule has 0 aliphatic carbocycles. The molecule has 3 N–H and O–H groups in total. The van der Waals surface area contributed by atoms with Crippen LogP contribution < -0.4 is 11.3 Å². The Labute approximate surface area is 107 Å². The SMILES string of the molecule is Cc1ccc(C)c(C(Cc2ncnn2C)NN)c1. The number of nitrogens with one attached hydrogen (secondary N) is 1. The highest BCUT2D eigenvalue weighted by Crippen LogP contribution is 2.21. The van der Waals surface area contributed by atoms with Crippen LogP contribution in [0.5, 0.6) is 0 Å². The standard InChI is InChI=1S/C13H19N5/c1-9-4-5-10(2)11(6-9)12(17-14)7-13-15-8-16-18(13)3/h4-6,8,12,17H,7,14H2,1-3H3. The van der Waals surface area contributed by atoms with Gasteiger partial charge in [0.2, 0.25) is 0 Å². The first-order valence-electron chi connectivity index (χ1n) is 5.98. The summed E-state index contributed by atoms with van der Waals surface area (Å²) in [5.41, 5.74) is 6.54. The number of rotatable bonds is 4. The zero-order valence-corrected chi connectivity index (χ0v) is 11.0. The van der Waals surface area contributed by atoms with E-state index in [1.165, 1.54) is 16.7 Å². The largest absolute Gasteiger partial charge is 0.271 e. The molecule has 0 saturated carbocycles. The monoisotopic (exact) mass is 245 g/mol. The summed E-state index contributed by atoms with van der Waals surface area (Å²) in [4.78, 5) is 4.24. The highest BCUT2D eigenvalue weighted by molar-refractivity contribution is 5.33. The van der Waals surface area contributed by atoms with E-state index in [1.54, 1.807) is 11.0 Å². The second kappa shape index (κ2) is 5.29. The molecule has 0 fully saturated rings. The molecule has 0 saturated heterocycles. The third-order valence-electron chi connectivity index (χ3n) is 3.20. The van der Waals surface area contributed by atoms with Crippen LogP contribution in [0.3, 0.4) is 0 Å². The molecular formula is C13H19N5. The molecule has 5 heteroatoms. The third kappa shape index (κ3) is 2.57. The summed E-state index contributed by atoms with van der Waals surface area (Å²) in [6.45, 7) is 4.18. The van der Waals surface area contributed by atoms with E-state index in [0.29, 0.717) is 0 Å². The predicted molar refractivity (Wildman–Crippen MR) is 70.7 cm³/mol. The van der Waals surface area contributed by atoms with Crippen molar-refractivity contribution in [3.05, 3.63) is 47.0 Å². The van der Waals surface area contributed by atoms with Crippen molar-refractivity contribution in [1.29, 1.82) is 0 Å². The molecule has 5 nitrogen and oxygen atoms in total. The van der Waals surface area contributed by atoms with E-state index in [9.17, 15) is 0 Å². The second-order valence-corrected chi connectivity index (χ2v) is 4.58. The lowest BCUT2D eigenvalue weighted by molar-refractivity contribution is 0.521. The van der Waals surface area contributed by atoms with Gasteiger partial charge in [-0.3, -0.25) is 16.0 Å². The average molecular weight is 245 g/mol. The van der Waals surface area contributed by atoms with Crippen LogP contribution in [0.15, 0.2) is 24.5 Å². The van der Waals surface area contributed by atoms with Crippen molar-refractivity contribution in [3.8, 4) is 0 Å². The fraction of sp³-hybridized carbons (Fsp3) is 0.385. The predicted octanol–water partition coefficient (Wildman–Crippen LogP) is 1.18. The highest BCUT2D eigenvalue weighted by atomic mass is 15.3. The Morgan fingerprint density at radius 2 is 2.17 bits per heavy atom. The van der Waals surface area contributed by atoms with Crippen molar-refractivity contribution in [1.82, 2.24) is 20.2 Å². The smallest absolute Gasteiger partial charge is 0.138 e. The number of nitrogens with two attached hydrogens (primary N) is 1. The van der Waals surface area contributed by atoms with Crippen molar-refractivity contribution < 1.29 is 0 Å². The Balaban J connectivity index is 2.28. The zero-order chi connectivity index (χ0) is 13.1. The fourth-order valence-corrected chi connectivity index (χ4v) is 2.08. The fourth-order valence-electron chi connectivity index (χ4n) is 2.08. The molecule has 0 spiro atoms. The molecule has 0 aliphatic heterocycles. The first kappa shape index (κ1) is 12.7. The normalized spacial score (nSPS) is 12.7. The van der Waals surface area contributed by atoms with E-state index < -0.39 is 0 Å². The van der Waals surface area contributed by atoms with E-state index in [0.717, 1.165) is 12.2 Å². The lowest BCUT2D eigenvalue weighted by Crippen LogP contribution is -2.31. The molecule has 1 unspecified atom stereocenters. The van der Waals surface area contributed by atoms with Gasteiger partial charge in [0.1, 0.15) is 12.2 Å².